The summed E-state index contributed by atoms with van der Waals surface area (Å²) in [4.78, 5) is 11.2. The SMILES string of the molecule is Cc1ccccc1CNC(=O)OC(C)C. The van der Waals surface area contributed by atoms with E-state index in [-0.39, 0.29) is 12.2 Å². The van der Waals surface area contributed by atoms with E-state index < -0.39 is 0 Å². The van der Waals surface area contributed by atoms with E-state index in [1.807, 2.05) is 45.0 Å². The Morgan fingerprint density at radius 3 is 2.67 bits per heavy atom. The molecule has 1 rings (SSSR count). The molecule has 0 saturated carbocycles. The van der Waals surface area contributed by atoms with Gasteiger partial charge in [-0.05, 0) is 31.9 Å². The summed E-state index contributed by atoms with van der Waals surface area (Å²) in [5, 5.41) is 2.71. The van der Waals surface area contributed by atoms with Crippen molar-refractivity contribution in [3.8, 4) is 0 Å². The van der Waals surface area contributed by atoms with Gasteiger partial charge < -0.3 is 10.1 Å². The monoisotopic (exact) mass is 207 g/mol. The van der Waals surface area contributed by atoms with E-state index in [1.165, 1.54) is 5.56 Å². The Morgan fingerprint density at radius 2 is 2.07 bits per heavy atom. The zero-order valence-electron chi connectivity index (χ0n) is 9.41. The van der Waals surface area contributed by atoms with Crippen molar-refractivity contribution in [2.45, 2.75) is 33.4 Å². The summed E-state index contributed by atoms with van der Waals surface area (Å²) in [7, 11) is 0. The van der Waals surface area contributed by atoms with Gasteiger partial charge in [-0.1, -0.05) is 24.3 Å². The molecule has 1 aromatic rings. The molecule has 0 aromatic heterocycles. The molecule has 1 N–H and O–H groups in total. The lowest BCUT2D eigenvalue weighted by Crippen LogP contribution is -2.26. The fourth-order valence-corrected chi connectivity index (χ4v) is 1.23. The molecule has 3 heteroatoms. The van der Waals surface area contributed by atoms with E-state index in [0.29, 0.717) is 6.54 Å². The normalized spacial score (nSPS) is 10.1. The lowest BCUT2D eigenvalue weighted by Gasteiger charge is -2.10. The Morgan fingerprint density at radius 1 is 1.40 bits per heavy atom. The molecule has 0 atom stereocenters. The zero-order chi connectivity index (χ0) is 11.3. The summed E-state index contributed by atoms with van der Waals surface area (Å²) >= 11 is 0. The summed E-state index contributed by atoms with van der Waals surface area (Å²) in [5.41, 5.74) is 2.28. The number of ether oxygens (including phenoxy) is 1. The van der Waals surface area contributed by atoms with Crippen LogP contribution in [0.3, 0.4) is 0 Å². The molecule has 15 heavy (non-hydrogen) atoms. The molecule has 82 valence electrons. The second-order valence-corrected chi connectivity index (χ2v) is 3.73. The van der Waals surface area contributed by atoms with Gasteiger partial charge in [-0.15, -0.1) is 0 Å². The van der Waals surface area contributed by atoms with Crippen molar-refractivity contribution in [3.63, 3.8) is 0 Å². The molecule has 1 aromatic carbocycles. The van der Waals surface area contributed by atoms with Crippen molar-refractivity contribution in [3.05, 3.63) is 35.4 Å². The highest BCUT2D eigenvalue weighted by Gasteiger charge is 2.04. The molecule has 0 bridgehead atoms. The molecule has 0 aliphatic rings. The van der Waals surface area contributed by atoms with Gasteiger partial charge in [-0.25, -0.2) is 4.79 Å². The lowest BCUT2D eigenvalue weighted by molar-refractivity contribution is 0.115. The number of amides is 1. The number of alkyl carbamates (subject to hydrolysis) is 1. The second kappa shape index (κ2) is 5.39. The van der Waals surface area contributed by atoms with E-state index >= 15 is 0 Å². The van der Waals surface area contributed by atoms with E-state index in [4.69, 9.17) is 4.74 Å². The minimum absolute atomic E-state index is 0.0816. The van der Waals surface area contributed by atoms with Crippen LogP contribution in [0.1, 0.15) is 25.0 Å². The summed E-state index contributed by atoms with van der Waals surface area (Å²) in [6, 6.07) is 7.94. The van der Waals surface area contributed by atoms with Crippen molar-refractivity contribution in [1.29, 1.82) is 0 Å². The van der Waals surface area contributed by atoms with Gasteiger partial charge in [0.2, 0.25) is 0 Å². The maximum atomic E-state index is 11.2. The van der Waals surface area contributed by atoms with Gasteiger partial charge in [0.05, 0.1) is 6.10 Å². The Kier molecular flexibility index (Phi) is 4.16. The number of hydrogen-bond acceptors (Lipinski definition) is 2. The lowest BCUT2D eigenvalue weighted by atomic mass is 10.1. The number of rotatable bonds is 3. The number of benzene rings is 1. The first-order chi connectivity index (χ1) is 7.09. The van der Waals surface area contributed by atoms with Crippen molar-refractivity contribution in [1.82, 2.24) is 5.32 Å². The van der Waals surface area contributed by atoms with Crippen molar-refractivity contribution < 1.29 is 9.53 Å². The fourth-order valence-electron chi connectivity index (χ4n) is 1.23. The van der Waals surface area contributed by atoms with Crippen molar-refractivity contribution in [2.75, 3.05) is 0 Å². The van der Waals surface area contributed by atoms with Crippen LogP contribution in [0.2, 0.25) is 0 Å². The van der Waals surface area contributed by atoms with E-state index in [1.54, 1.807) is 0 Å². The van der Waals surface area contributed by atoms with Gasteiger partial charge in [0.25, 0.3) is 0 Å². The van der Waals surface area contributed by atoms with Gasteiger partial charge in [-0.2, -0.15) is 0 Å². The second-order valence-electron chi connectivity index (χ2n) is 3.73. The van der Waals surface area contributed by atoms with Crippen LogP contribution in [-0.4, -0.2) is 12.2 Å². The van der Waals surface area contributed by atoms with E-state index in [9.17, 15) is 4.79 Å². The van der Waals surface area contributed by atoms with Crippen molar-refractivity contribution in [2.24, 2.45) is 0 Å². The van der Waals surface area contributed by atoms with Gasteiger partial charge in [0.1, 0.15) is 0 Å². The molecule has 0 heterocycles. The topological polar surface area (TPSA) is 38.3 Å². The minimum Gasteiger partial charge on any atom is -0.447 e. The van der Waals surface area contributed by atoms with Crippen LogP contribution in [0.4, 0.5) is 4.79 Å². The average molecular weight is 207 g/mol. The first-order valence-electron chi connectivity index (χ1n) is 5.08. The third-order valence-corrected chi connectivity index (χ3v) is 2.03. The highest BCUT2D eigenvalue weighted by molar-refractivity contribution is 5.67. The van der Waals surface area contributed by atoms with E-state index in [0.717, 1.165) is 5.56 Å². The van der Waals surface area contributed by atoms with Gasteiger partial charge in [0, 0.05) is 6.54 Å². The molecule has 0 radical (unpaired) electrons. The number of carbonyl (C=O) groups excluding carboxylic acids is 1. The van der Waals surface area contributed by atoms with Crippen LogP contribution in [0.5, 0.6) is 0 Å². The van der Waals surface area contributed by atoms with E-state index in [2.05, 4.69) is 5.32 Å². The maximum absolute atomic E-state index is 11.2. The first-order valence-corrected chi connectivity index (χ1v) is 5.08. The highest BCUT2D eigenvalue weighted by atomic mass is 16.6. The quantitative estimate of drug-likeness (QED) is 0.827. The third-order valence-electron chi connectivity index (χ3n) is 2.03. The number of carbonyl (C=O) groups is 1. The number of nitrogens with one attached hydrogen (secondary N) is 1. The van der Waals surface area contributed by atoms with Crippen LogP contribution >= 0.6 is 0 Å². The molecular formula is C12H17NO2. The van der Waals surface area contributed by atoms with Crippen LogP contribution in [0.15, 0.2) is 24.3 Å². The largest absolute Gasteiger partial charge is 0.447 e. The molecular weight excluding hydrogens is 190 g/mol. The Labute approximate surface area is 90.4 Å². The molecule has 3 nitrogen and oxygen atoms in total. The molecule has 0 aliphatic carbocycles. The summed E-state index contributed by atoms with van der Waals surface area (Å²) in [6.07, 6.45) is -0.449. The number of aryl methyl sites for hydroxylation is 1. The van der Waals surface area contributed by atoms with Gasteiger partial charge in [0.15, 0.2) is 0 Å². The third kappa shape index (κ3) is 4.02. The van der Waals surface area contributed by atoms with Crippen LogP contribution in [0, 0.1) is 6.92 Å². The molecule has 0 saturated heterocycles. The summed E-state index contributed by atoms with van der Waals surface area (Å²) in [5.74, 6) is 0. The average Bonchev–Trinajstić information content (AvgIpc) is 2.15. The van der Waals surface area contributed by atoms with Crippen LogP contribution < -0.4 is 5.32 Å². The van der Waals surface area contributed by atoms with Crippen molar-refractivity contribution >= 4 is 6.09 Å². The zero-order valence-corrected chi connectivity index (χ0v) is 9.41. The molecule has 1 amide bonds. The van der Waals surface area contributed by atoms with Crippen LogP contribution in [0.25, 0.3) is 0 Å². The number of hydrogen-bond donors (Lipinski definition) is 1. The molecule has 0 unspecified atom stereocenters. The summed E-state index contributed by atoms with van der Waals surface area (Å²) < 4.78 is 4.96. The molecule has 0 spiro atoms. The fraction of sp³-hybridized carbons (Fsp3) is 0.417. The molecule has 0 fully saturated rings. The Hall–Kier alpha value is -1.51. The predicted octanol–water partition coefficient (Wildman–Crippen LogP) is 2.63. The first kappa shape index (κ1) is 11.6. The maximum Gasteiger partial charge on any atom is 0.407 e. The smallest absolute Gasteiger partial charge is 0.407 e. The Balaban J connectivity index is 2.44. The highest BCUT2D eigenvalue weighted by Crippen LogP contribution is 2.06. The standard InChI is InChI=1S/C12H17NO2/c1-9(2)15-12(14)13-8-11-7-5-4-6-10(11)3/h4-7,9H,8H2,1-3H3,(H,13,14). The summed E-state index contributed by atoms with van der Waals surface area (Å²) in [6.45, 7) is 6.18. The van der Waals surface area contributed by atoms with Gasteiger partial charge in [-0.3, -0.25) is 0 Å². The minimum atomic E-state index is -0.367. The molecule has 0 aliphatic heterocycles. The predicted molar refractivity (Wildman–Crippen MR) is 59.6 cm³/mol. The van der Waals surface area contributed by atoms with Crippen LogP contribution in [-0.2, 0) is 11.3 Å². The van der Waals surface area contributed by atoms with Gasteiger partial charge >= 0.3 is 6.09 Å². The Bertz CT molecular complexity index is 334.